The quantitative estimate of drug-likeness (QED) is 0.346. The first-order valence-corrected chi connectivity index (χ1v) is 11.6. The van der Waals surface area contributed by atoms with Gasteiger partial charge in [-0.3, -0.25) is 4.79 Å². The average Bonchev–Trinajstić information content (AvgIpc) is 3.15. The first-order chi connectivity index (χ1) is 15.8. The Morgan fingerprint density at radius 2 is 2.21 bits per heavy atom. The van der Waals surface area contributed by atoms with E-state index in [9.17, 15) is 19.1 Å². The molecule has 0 fully saturated rings. The Hall–Kier alpha value is -3.01. The molecular formula is C24H20FN3O4S. The van der Waals surface area contributed by atoms with Crippen molar-refractivity contribution in [1.29, 1.82) is 0 Å². The van der Waals surface area contributed by atoms with Gasteiger partial charge < -0.3 is 20.1 Å². The van der Waals surface area contributed by atoms with Crippen LogP contribution in [0.2, 0.25) is 0 Å². The zero-order valence-electron chi connectivity index (χ0n) is 17.8. The number of carbonyl (C=O) groups is 1. The second kappa shape index (κ2) is 6.75. The summed E-state index contributed by atoms with van der Waals surface area (Å²) in [4.78, 5) is 31.5. The van der Waals surface area contributed by atoms with Gasteiger partial charge in [0.1, 0.15) is 12.4 Å². The molecule has 0 radical (unpaired) electrons. The maximum absolute atomic E-state index is 14.7. The molecule has 1 aromatic carbocycles. The number of aromatic nitrogens is 2. The Morgan fingerprint density at radius 3 is 2.97 bits per heavy atom. The highest BCUT2D eigenvalue weighted by Crippen LogP contribution is 2.47. The first-order valence-electron chi connectivity index (χ1n) is 10.6. The van der Waals surface area contributed by atoms with Crippen molar-refractivity contribution >= 4 is 28.6 Å². The molecule has 0 aliphatic carbocycles. The van der Waals surface area contributed by atoms with E-state index in [1.54, 1.807) is 17.6 Å². The smallest absolute Gasteiger partial charge is 0.343 e. The number of hydrogen-bond acceptors (Lipinski definition) is 7. The number of hydrogen-bond donors (Lipinski definition) is 2. The number of nitrogens with zero attached hydrogens (tertiary/aromatic N) is 2. The molecule has 0 amide bonds. The highest BCUT2D eigenvalue weighted by Gasteiger charge is 2.46. The molecule has 5 heterocycles. The predicted octanol–water partition coefficient (Wildman–Crippen LogP) is 2.80. The summed E-state index contributed by atoms with van der Waals surface area (Å²) in [6, 6.07) is 2.74. The summed E-state index contributed by atoms with van der Waals surface area (Å²) < 4.78 is 21.4. The van der Waals surface area contributed by atoms with Crippen molar-refractivity contribution in [2.45, 2.75) is 43.0 Å². The molecule has 0 saturated carbocycles. The van der Waals surface area contributed by atoms with Crippen LogP contribution in [0.1, 0.15) is 40.3 Å². The molecule has 6 rings (SSSR count). The molecule has 3 N–H and O–H groups in total. The second-order valence-electron chi connectivity index (χ2n) is 8.72. The number of cyclic esters (lactones) is 1. The van der Waals surface area contributed by atoms with Gasteiger partial charge in [0.05, 0.1) is 29.0 Å². The van der Waals surface area contributed by atoms with Crippen molar-refractivity contribution in [2.75, 3.05) is 5.75 Å². The number of ether oxygens (including phenoxy) is 1. The molecule has 0 unspecified atom stereocenters. The van der Waals surface area contributed by atoms with Crippen LogP contribution in [0.3, 0.4) is 0 Å². The van der Waals surface area contributed by atoms with Crippen molar-refractivity contribution in [2.24, 2.45) is 5.73 Å². The Kier molecular flexibility index (Phi) is 4.21. The van der Waals surface area contributed by atoms with Crippen LogP contribution < -0.4 is 11.3 Å². The van der Waals surface area contributed by atoms with Crippen LogP contribution in [0.4, 0.5) is 4.39 Å². The standard InChI is InChI=1S/C24H20FN3O4S/c1-3-4-24(31)13-5-17-20-11(7-28(17)22(29)12(13)8-32-23(24)30)18-15(26)9-33-21-10(2)14(25)6-16(27-20)19(18)21/h3,5-6,15,31H,1,4,7-9,26H2,2H3/t15-,24+/m1/s1. The summed E-state index contributed by atoms with van der Waals surface area (Å²) in [6.07, 6.45) is 1.31. The minimum atomic E-state index is -2.00. The van der Waals surface area contributed by atoms with Gasteiger partial charge in [-0.1, -0.05) is 6.08 Å². The molecule has 3 aromatic rings. The molecule has 33 heavy (non-hydrogen) atoms. The zero-order valence-corrected chi connectivity index (χ0v) is 18.6. The van der Waals surface area contributed by atoms with Crippen molar-refractivity contribution in [1.82, 2.24) is 9.55 Å². The van der Waals surface area contributed by atoms with Crippen LogP contribution in [0.25, 0.3) is 22.3 Å². The minimum absolute atomic E-state index is 0.0963. The average molecular weight is 466 g/mol. The Balaban J connectivity index is 1.69. The number of fused-ring (bicyclic) bond motifs is 5. The van der Waals surface area contributed by atoms with Crippen LogP contribution >= 0.6 is 11.8 Å². The van der Waals surface area contributed by atoms with Gasteiger partial charge in [-0.05, 0) is 24.1 Å². The third kappa shape index (κ3) is 2.55. The number of benzene rings is 1. The van der Waals surface area contributed by atoms with Crippen LogP contribution in [0.15, 0.2) is 34.5 Å². The Morgan fingerprint density at radius 1 is 1.42 bits per heavy atom. The molecule has 3 aliphatic rings. The molecule has 0 bridgehead atoms. The Bertz CT molecular complexity index is 1500. The maximum atomic E-state index is 14.7. The van der Waals surface area contributed by atoms with E-state index in [1.165, 1.54) is 23.9 Å². The van der Waals surface area contributed by atoms with E-state index in [0.29, 0.717) is 28.2 Å². The number of esters is 1. The number of pyridine rings is 2. The van der Waals surface area contributed by atoms with E-state index < -0.39 is 11.6 Å². The summed E-state index contributed by atoms with van der Waals surface area (Å²) >= 11 is 1.52. The maximum Gasteiger partial charge on any atom is 0.343 e. The number of aliphatic hydroxyl groups is 1. The van der Waals surface area contributed by atoms with Crippen LogP contribution in [0, 0.1) is 12.7 Å². The van der Waals surface area contributed by atoms with Gasteiger partial charge in [0.25, 0.3) is 5.56 Å². The molecular weight excluding hydrogens is 445 g/mol. The van der Waals surface area contributed by atoms with E-state index in [1.807, 2.05) is 0 Å². The highest BCUT2D eigenvalue weighted by atomic mass is 32.2. The Labute approximate surface area is 192 Å². The van der Waals surface area contributed by atoms with Crippen LogP contribution in [0.5, 0.6) is 0 Å². The highest BCUT2D eigenvalue weighted by molar-refractivity contribution is 7.99. The number of thioether (sulfide) groups is 1. The number of nitrogens with two attached hydrogens (primary N) is 1. The third-order valence-corrected chi connectivity index (χ3v) is 8.19. The molecule has 3 aliphatic heterocycles. The monoisotopic (exact) mass is 465 g/mol. The molecule has 2 atom stereocenters. The van der Waals surface area contributed by atoms with Gasteiger partial charge in [0, 0.05) is 45.7 Å². The molecule has 7 nitrogen and oxygen atoms in total. The molecule has 9 heteroatoms. The summed E-state index contributed by atoms with van der Waals surface area (Å²) in [6.45, 7) is 5.41. The van der Waals surface area contributed by atoms with Crippen molar-refractivity contribution < 1.29 is 19.0 Å². The van der Waals surface area contributed by atoms with Gasteiger partial charge in [-0.2, -0.15) is 0 Å². The van der Waals surface area contributed by atoms with Crippen LogP contribution in [-0.2, 0) is 28.3 Å². The molecule has 168 valence electrons. The zero-order chi connectivity index (χ0) is 23.2. The lowest BCUT2D eigenvalue weighted by Gasteiger charge is -2.31. The van der Waals surface area contributed by atoms with Crippen molar-refractivity contribution in [3.8, 4) is 11.4 Å². The largest absolute Gasteiger partial charge is 0.458 e. The fourth-order valence-corrected chi connectivity index (χ4v) is 6.41. The molecule has 2 aromatic heterocycles. The molecule has 0 saturated heterocycles. The fourth-order valence-electron chi connectivity index (χ4n) is 5.22. The lowest BCUT2D eigenvalue weighted by Crippen LogP contribution is -2.44. The van der Waals surface area contributed by atoms with E-state index in [-0.39, 0.29) is 48.1 Å². The van der Waals surface area contributed by atoms with Gasteiger partial charge in [0.15, 0.2) is 5.60 Å². The van der Waals surface area contributed by atoms with Gasteiger partial charge in [0.2, 0.25) is 0 Å². The summed E-state index contributed by atoms with van der Waals surface area (Å²) in [5.41, 5.74) is 8.33. The van der Waals surface area contributed by atoms with Gasteiger partial charge >= 0.3 is 5.97 Å². The number of rotatable bonds is 2. The van der Waals surface area contributed by atoms with E-state index in [4.69, 9.17) is 15.5 Å². The van der Waals surface area contributed by atoms with Crippen LogP contribution in [-0.4, -0.2) is 26.4 Å². The van der Waals surface area contributed by atoms with Crippen molar-refractivity contribution in [3.05, 3.63) is 68.8 Å². The number of carbonyl (C=O) groups excluding carboxylic acids is 1. The summed E-state index contributed by atoms with van der Waals surface area (Å²) in [5, 5.41) is 12.0. The second-order valence-corrected chi connectivity index (χ2v) is 9.75. The number of halogens is 1. The van der Waals surface area contributed by atoms with Gasteiger partial charge in [-0.15, -0.1) is 18.3 Å². The van der Waals surface area contributed by atoms with E-state index >= 15 is 0 Å². The molecule has 0 spiro atoms. The van der Waals surface area contributed by atoms with Gasteiger partial charge in [-0.25, -0.2) is 14.2 Å². The lowest BCUT2D eigenvalue weighted by atomic mass is 9.85. The summed E-state index contributed by atoms with van der Waals surface area (Å²) in [7, 11) is 0. The third-order valence-electron chi connectivity index (χ3n) is 6.87. The van der Waals surface area contributed by atoms with E-state index in [0.717, 1.165) is 21.4 Å². The topological polar surface area (TPSA) is 107 Å². The normalized spacial score (nSPS) is 22.5. The first kappa shape index (κ1) is 20.6. The van der Waals surface area contributed by atoms with Crippen molar-refractivity contribution in [3.63, 3.8) is 0 Å². The summed E-state index contributed by atoms with van der Waals surface area (Å²) in [5.74, 6) is -0.575. The van der Waals surface area contributed by atoms with E-state index in [2.05, 4.69) is 6.58 Å². The SMILES string of the molecule is C=CC[C@@]1(O)C(=O)OCc2c1cc1n(c2=O)Cc2c-1nc1cc(F)c(C)c3c1c2[C@H](N)CS3. The fraction of sp³-hybridized carbons (Fsp3) is 0.292. The predicted molar refractivity (Wildman–Crippen MR) is 121 cm³/mol. The minimum Gasteiger partial charge on any atom is -0.458 e. The lowest BCUT2D eigenvalue weighted by molar-refractivity contribution is -0.171.